The van der Waals surface area contributed by atoms with E-state index in [1.165, 1.54) is 11.1 Å². The number of hydrogen-bond acceptors (Lipinski definition) is 3. The third-order valence-corrected chi connectivity index (χ3v) is 2.91. The van der Waals surface area contributed by atoms with Crippen LogP contribution in [0.3, 0.4) is 0 Å². The van der Waals surface area contributed by atoms with Crippen LogP contribution >= 0.6 is 0 Å². The quantitative estimate of drug-likeness (QED) is 0.848. The average molecular weight is 221 g/mol. The Balaban J connectivity index is 2.23. The molecule has 2 rings (SSSR count). The van der Waals surface area contributed by atoms with Crippen LogP contribution < -0.4 is 5.32 Å². The molecule has 0 fully saturated rings. The van der Waals surface area contributed by atoms with E-state index in [2.05, 4.69) is 19.2 Å². The van der Waals surface area contributed by atoms with Crippen molar-refractivity contribution in [1.29, 1.82) is 0 Å². The van der Waals surface area contributed by atoms with Crippen molar-refractivity contribution in [3.63, 3.8) is 0 Å². The summed E-state index contributed by atoms with van der Waals surface area (Å²) in [5, 5.41) is 3.45. The Hall–Kier alpha value is -1.22. The molecule has 1 aromatic rings. The molecule has 88 valence electrons. The fraction of sp³-hybridized carbons (Fsp3) is 0.538. The van der Waals surface area contributed by atoms with Gasteiger partial charge in [0.15, 0.2) is 0 Å². The normalized spacial score (nSPS) is 17.8. The molecule has 2 heterocycles. The molecule has 3 nitrogen and oxygen atoms in total. The zero-order valence-corrected chi connectivity index (χ0v) is 9.95. The van der Waals surface area contributed by atoms with E-state index < -0.39 is 0 Å². The molecule has 0 saturated heterocycles. The number of aryl methyl sites for hydroxylation is 1. The molecule has 0 aliphatic carbocycles. The van der Waals surface area contributed by atoms with Gasteiger partial charge in [-0.05, 0) is 43.5 Å². The molecule has 0 radical (unpaired) electrons. The van der Waals surface area contributed by atoms with Crippen LogP contribution in [-0.2, 0) is 4.74 Å². The molecule has 0 saturated carbocycles. The minimum absolute atomic E-state index is 0.167. The first-order valence-corrected chi connectivity index (χ1v) is 5.91. The lowest BCUT2D eigenvalue weighted by atomic mass is 9.98. The first-order valence-electron chi connectivity index (χ1n) is 5.91. The molecule has 1 aliphatic heterocycles. The summed E-state index contributed by atoms with van der Waals surface area (Å²) in [4.78, 5) is 0. The number of likely N-dealkylation sites (N-methyl/N-ethyl adjacent to an activating group) is 1. The van der Waals surface area contributed by atoms with E-state index in [1.807, 2.05) is 12.3 Å². The second-order valence-corrected chi connectivity index (χ2v) is 4.13. The topological polar surface area (TPSA) is 34.4 Å². The van der Waals surface area contributed by atoms with Crippen LogP contribution in [0, 0.1) is 6.92 Å². The highest BCUT2D eigenvalue weighted by molar-refractivity contribution is 5.27. The second kappa shape index (κ2) is 5.21. The number of hydrogen-bond donors (Lipinski definition) is 1. The average Bonchev–Trinajstić information content (AvgIpc) is 2.73. The Morgan fingerprint density at radius 2 is 2.38 bits per heavy atom. The summed E-state index contributed by atoms with van der Waals surface area (Å²) < 4.78 is 11.0. The summed E-state index contributed by atoms with van der Waals surface area (Å²) in [6.07, 6.45) is 5.81. The van der Waals surface area contributed by atoms with Crippen molar-refractivity contribution >= 4 is 0 Å². The molecule has 0 aromatic carbocycles. The number of nitrogens with one attached hydrogen (secondary N) is 1. The number of ether oxygens (including phenoxy) is 1. The van der Waals surface area contributed by atoms with Crippen LogP contribution in [0.25, 0.3) is 0 Å². The van der Waals surface area contributed by atoms with E-state index in [9.17, 15) is 0 Å². The van der Waals surface area contributed by atoms with E-state index in [1.54, 1.807) is 6.26 Å². The molecule has 1 atom stereocenters. The molecule has 1 aliphatic rings. The van der Waals surface area contributed by atoms with E-state index in [4.69, 9.17) is 9.15 Å². The van der Waals surface area contributed by atoms with Gasteiger partial charge in [-0.2, -0.15) is 0 Å². The first-order chi connectivity index (χ1) is 7.83. The highest BCUT2D eigenvalue weighted by Gasteiger charge is 2.22. The minimum Gasteiger partial charge on any atom is -0.501 e. The van der Waals surface area contributed by atoms with Crippen LogP contribution in [0.2, 0.25) is 0 Å². The smallest absolute Gasteiger partial charge is 0.127 e. The van der Waals surface area contributed by atoms with Crippen molar-refractivity contribution in [3.05, 3.63) is 35.5 Å². The van der Waals surface area contributed by atoms with Crippen LogP contribution in [0.1, 0.15) is 37.1 Å². The maximum atomic E-state index is 5.57. The summed E-state index contributed by atoms with van der Waals surface area (Å²) in [6.45, 7) is 5.94. The fourth-order valence-electron chi connectivity index (χ4n) is 2.07. The molecular formula is C13H19NO2. The van der Waals surface area contributed by atoms with E-state index in [0.29, 0.717) is 0 Å². The van der Waals surface area contributed by atoms with Crippen LogP contribution in [0.4, 0.5) is 0 Å². The SMILES string of the molecule is CCNC(C1=COCCC1)c1occc1C. The molecule has 0 spiro atoms. The van der Waals surface area contributed by atoms with Gasteiger partial charge in [0, 0.05) is 0 Å². The van der Waals surface area contributed by atoms with Gasteiger partial charge in [-0.15, -0.1) is 0 Å². The Morgan fingerprint density at radius 1 is 1.50 bits per heavy atom. The Labute approximate surface area is 96.5 Å². The summed E-state index contributed by atoms with van der Waals surface area (Å²) >= 11 is 0. The first kappa shape index (κ1) is 11.3. The molecule has 0 amide bonds. The van der Waals surface area contributed by atoms with Gasteiger partial charge < -0.3 is 14.5 Å². The van der Waals surface area contributed by atoms with Gasteiger partial charge in [0.2, 0.25) is 0 Å². The summed E-state index contributed by atoms with van der Waals surface area (Å²) in [5.74, 6) is 1.01. The fourth-order valence-corrected chi connectivity index (χ4v) is 2.07. The number of furan rings is 1. The monoisotopic (exact) mass is 221 g/mol. The van der Waals surface area contributed by atoms with Gasteiger partial charge in [-0.25, -0.2) is 0 Å². The molecule has 1 unspecified atom stereocenters. The maximum Gasteiger partial charge on any atom is 0.127 e. The maximum absolute atomic E-state index is 5.57. The number of rotatable bonds is 4. The second-order valence-electron chi connectivity index (χ2n) is 4.13. The lowest BCUT2D eigenvalue weighted by Crippen LogP contribution is -2.24. The highest BCUT2D eigenvalue weighted by atomic mass is 16.5. The van der Waals surface area contributed by atoms with Crippen LogP contribution in [0.15, 0.2) is 28.6 Å². The highest BCUT2D eigenvalue weighted by Crippen LogP contribution is 2.29. The summed E-state index contributed by atoms with van der Waals surface area (Å²) in [5.41, 5.74) is 2.48. The lowest BCUT2D eigenvalue weighted by Gasteiger charge is -2.22. The zero-order valence-electron chi connectivity index (χ0n) is 9.95. The van der Waals surface area contributed by atoms with Gasteiger partial charge in [-0.3, -0.25) is 0 Å². The van der Waals surface area contributed by atoms with Crippen molar-refractivity contribution < 1.29 is 9.15 Å². The standard InChI is InChI=1S/C13H19NO2/c1-3-14-12(11-5-4-7-15-9-11)13-10(2)6-8-16-13/h6,8-9,12,14H,3-5,7H2,1-2H3. The van der Waals surface area contributed by atoms with Crippen molar-refractivity contribution in [2.75, 3.05) is 13.2 Å². The van der Waals surface area contributed by atoms with Crippen molar-refractivity contribution in [2.24, 2.45) is 0 Å². The largest absolute Gasteiger partial charge is 0.501 e. The van der Waals surface area contributed by atoms with Crippen molar-refractivity contribution in [2.45, 2.75) is 32.7 Å². The molecular weight excluding hydrogens is 202 g/mol. The van der Waals surface area contributed by atoms with Crippen molar-refractivity contribution in [1.82, 2.24) is 5.32 Å². The molecule has 1 N–H and O–H groups in total. The molecule has 1 aromatic heterocycles. The third kappa shape index (κ3) is 2.30. The van der Waals surface area contributed by atoms with Crippen LogP contribution in [0.5, 0.6) is 0 Å². The van der Waals surface area contributed by atoms with Gasteiger partial charge in [0.05, 0.1) is 25.2 Å². The van der Waals surface area contributed by atoms with Gasteiger partial charge in [-0.1, -0.05) is 6.92 Å². The van der Waals surface area contributed by atoms with E-state index in [-0.39, 0.29) is 6.04 Å². The van der Waals surface area contributed by atoms with E-state index >= 15 is 0 Å². The molecule has 3 heteroatoms. The zero-order chi connectivity index (χ0) is 11.4. The van der Waals surface area contributed by atoms with E-state index in [0.717, 1.165) is 31.8 Å². The third-order valence-electron chi connectivity index (χ3n) is 2.91. The molecule has 0 bridgehead atoms. The summed E-state index contributed by atoms with van der Waals surface area (Å²) in [7, 11) is 0. The Morgan fingerprint density at radius 3 is 2.94 bits per heavy atom. The van der Waals surface area contributed by atoms with Crippen molar-refractivity contribution in [3.8, 4) is 0 Å². The van der Waals surface area contributed by atoms with Gasteiger partial charge in [0.1, 0.15) is 5.76 Å². The lowest BCUT2D eigenvalue weighted by molar-refractivity contribution is 0.217. The minimum atomic E-state index is 0.167. The van der Waals surface area contributed by atoms with Crippen LogP contribution in [-0.4, -0.2) is 13.2 Å². The van der Waals surface area contributed by atoms with Gasteiger partial charge >= 0.3 is 0 Å². The predicted molar refractivity (Wildman–Crippen MR) is 63.1 cm³/mol. The Bertz CT molecular complexity index is 368. The Kier molecular flexibility index (Phi) is 3.67. The predicted octanol–water partition coefficient (Wildman–Crippen LogP) is 2.93. The molecule has 16 heavy (non-hydrogen) atoms. The van der Waals surface area contributed by atoms with Gasteiger partial charge in [0.25, 0.3) is 0 Å². The summed E-state index contributed by atoms with van der Waals surface area (Å²) in [6, 6.07) is 2.17.